The lowest BCUT2D eigenvalue weighted by atomic mass is 10.0. The zero-order valence-corrected chi connectivity index (χ0v) is 12.4. The second-order valence-electron chi connectivity index (χ2n) is 5.80. The molecule has 3 heteroatoms. The number of hydrogen-bond acceptors (Lipinski definition) is 3. The van der Waals surface area contributed by atoms with E-state index in [0.29, 0.717) is 12.1 Å². The van der Waals surface area contributed by atoms with E-state index in [1.807, 2.05) is 0 Å². The highest BCUT2D eigenvalue weighted by molar-refractivity contribution is 4.81. The van der Waals surface area contributed by atoms with Gasteiger partial charge in [0.05, 0.1) is 0 Å². The van der Waals surface area contributed by atoms with Gasteiger partial charge in [0.15, 0.2) is 0 Å². The van der Waals surface area contributed by atoms with E-state index in [0.717, 1.165) is 12.6 Å². The van der Waals surface area contributed by atoms with Crippen LogP contribution < -0.4 is 5.32 Å². The summed E-state index contributed by atoms with van der Waals surface area (Å²) >= 11 is 0. The Balaban J connectivity index is 2.23. The van der Waals surface area contributed by atoms with E-state index < -0.39 is 0 Å². The maximum absolute atomic E-state index is 3.61. The number of rotatable bonds is 6. The highest BCUT2D eigenvalue weighted by atomic mass is 15.2. The molecule has 0 amide bonds. The van der Waals surface area contributed by atoms with Crippen molar-refractivity contribution in [1.82, 2.24) is 15.1 Å². The zero-order valence-electron chi connectivity index (χ0n) is 12.4. The molecule has 0 saturated carbocycles. The number of hydrogen-bond donors (Lipinski definition) is 1. The van der Waals surface area contributed by atoms with Crippen molar-refractivity contribution in [3.63, 3.8) is 0 Å². The minimum atomic E-state index is 0.650. The van der Waals surface area contributed by atoms with E-state index in [4.69, 9.17) is 0 Å². The lowest BCUT2D eigenvalue weighted by Crippen LogP contribution is -2.49. The monoisotopic (exact) mass is 241 g/mol. The Morgan fingerprint density at radius 1 is 1.24 bits per heavy atom. The summed E-state index contributed by atoms with van der Waals surface area (Å²) in [4.78, 5) is 5.01. The Labute approximate surface area is 108 Å². The van der Waals surface area contributed by atoms with Gasteiger partial charge >= 0.3 is 0 Å². The molecule has 0 bridgehead atoms. The molecule has 0 aromatic heterocycles. The normalized spacial score (nSPS) is 22.9. The maximum atomic E-state index is 3.61. The number of nitrogens with one attached hydrogen (secondary N) is 1. The molecule has 1 rings (SSSR count). The molecule has 1 N–H and O–H groups in total. The van der Waals surface area contributed by atoms with E-state index in [1.165, 1.54) is 32.4 Å². The molecule has 0 aromatic rings. The van der Waals surface area contributed by atoms with E-state index in [2.05, 4.69) is 50.0 Å². The number of piperidine rings is 1. The number of likely N-dealkylation sites (tertiary alicyclic amines) is 1. The summed E-state index contributed by atoms with van der Waals surface area (Å²) in [5.41, 5.74) is 0. The lowest BCUT2D eigenvalue weighted by Gasteiger charge is -2.38. The summed E-state index contributed by atoms with van der Waals surface area (Å²) in [6, 6.07) is 2.12. The van der Waals surface area contributed by atoms with Crippen LogP contribution in [0.3, 0.4) is 0 Å². The second-order valence-corrected chi connectivity index (χ2v) is 5.80. The minimum absolute atomic E-state index is 0.650. The van der Waals surface area contributed by atoms with Crippen LogP contribution >= 0.6 is 0 Å². The van der Waals surface area contributed by atoms with E-state index >= 15 is 0 Å². The fraction of sp³-hybridized carbons (Fsp3) is 1.00. The topological polar surface area (TPSA) is 18.5 Å². The van der Waals surface area contributed by atoms with Crippen LogP contribution in [0.5, 0.6) is 0 Å². The van der Waals surface area contributed by atoms with Crippen molar-refractivity contribution in [2.45, 2.75) is 58.2 Å². The lowest BCUT2D eigenvalue weighted by molar-refractivity contribution is 0.113. The third-order valence-electron chi connectivity index (χ3n) is 4.23. The molecule has 1 saturated heterocycles. The predicted octanol–water partition coefficient (Wildman–Crippen LogP) is 1.79. The Bertz CT molecular complexity index is 198. The molecular weight excluding hydrogens is 210 g/mol. The second kappa shape index (κ2) is 7.34. The third-order valence-corrected chi connectivity index (χ3v) is 4.23. The summed E-state index contributed by atoms with van der Waals surface area (Å²) in [7, 11) is 4.41. The molecule has 0 aromatic carbocycles. The first kappa shape index (κ1) is 14.9. The van der Waals surface area contributed by atoms with Crippen molar-refractivity contribution >= 4 is 0 Å². The standard InChI is InChI=1S/C14H31N3/c1-6-12(2)15-11-13(3)17-9-7-14(8-10-17)16(4)5/h12-15H,6-11H2,1-5H3. The molecule has 102 valence electrons. The van der Waals surface area contributed by atoms with Gasteiger partial charge in [0.1, 0.15) is 0 Å². The summed E-state index contributed by atoms with van der Waals surface area (Å²) in [6.07, 6.45) is 3.86. The van der Waals surface area contributed by atoms with Gasteiger partial charge in [0.25, 0.3) is 0 Å². The fourth-order valence-corrected chi connectivity index (χ4v) is 2.49. The quantitative estimate of drug-likeness (QED) is 0.765. The molecule has 1 heterocycles. The van der Waals surface area contributed by atoms with Gasteiger partial charge in [-0.1, -0.05) is 6.92 Å². The molecule has 0 spiro atoms. The summed E-state index contributed by atoms with van der Waals surface area (Å²) in [6.45, 7) is 10.5. The molecule has 1 fully saturated rings. The zero-order chi connectivity index (χ0) is 12.8. The molecular formula is C14H31N3. The summed E-state index contributed by atoms with van der Waals surface area (Å²) in [5, 5.41) is 3.61. The molecule has 2 unspecified atom stereocenters. The largest absolute Gasteiger partial charge is 0.313 e. The van der Waals surface area contributed by atoms with Crippen molar-refractivity contribution in [2.75, 3.05) is 33.7 Å². The smallest absolute Gasteiger partial charge is 0.0192 e. The summed E-state index contributed by atoms with van der Waals surface area (Å²) < 4.78 is 0. The van der Waals surface area contributed by atoms with Crippen molar-refractivity contribution in [1.29, 1.82) is 0 Å². The van der Waals surface area contributed by atoms with Gasteiger partial charge in [-0.05, 0) is 60.3 Å². The van der Waals surface area contributed by atoms with Crippen molar-refractivity contribution < 1.29 is 0 Å². The molecule has 17 heavy (non-hydrogen) atoms. The average molecular weight is 241 g/mol. The van der Waals surface area contributed by atoms with Crippen LogP contribution in [0.4, 0.5) is 0 Å². The third kappa shape index (κ3) is 4.94. The molecule has 2 atom stereocenters. The van der Waals surface area contributed by atoms with Crippen LogP contribution in [0, 0.1) is 0 Å². The van der Waals surface area contributed by atoms with Crippen LogP contribution in [-0.2, 0) is 0 Å². The average Bonchev–Trinajstić information content (AvgIpc) is 2.35. The molecule has 3 nitrogen and oxygen atoms in total. The Kier molecular flexibility index (Phi) is 6.45. The van der Waals surface area contributed by atoms with Gasteiger partial charge in [0, 0.05) is 24.7 Å². The van der Waals surface area contributed by atoms with Crippen LogP contribution in [0.1, 0.15) is 40.0 Å². The van der Waals surface area contributed by atoms with Crippen molar-refractivity contribution in [3.8, 4) is 0 Å². The van der Waals surface area contributed by atoms with Crippen LogP contribution in [-0.4, -0.2) is 61.7 Å². The first-order valence-electron chi connectivity index (χ1n) is 7.18. The van der Waals surface area contributed by atoms with Crippen molar-refractivity contribution in [3.05, 3.63) is 0 Å². The van der Waals surface area contributed by atoms with Gasteiger partial charge in [-0.3, -0.25) is 4.90 Å². The minimum Gasteiger partial charge on any atom is -0.313 e. The Hall–Kier alpha value is -0.120. The first-order chi connectivity index (χ1) is 8.04. The van der Waals surface area contributed by atoms with Gasteiger partial charge in [-0.15, -0.1) is 0 Å². The van der Waals surface area contributed by atoms with Gasteiger partial charge in [-0.25, -0.2) is 0 Å². The Morgan fingerprint density at radius 2 is 1.82 bits per heavy atom. The van der Waals surface area contributed by atoms with Gasteiger partial charge < -0.3 is 10.2 Å². The molecule has 1 aliphatic heterocycles. The van der Waals surface area contributed by atoms with Gasteiger partial charge in [-0.2, -0.15) is 0 Å². The van der Waals surface area contributed by atoms with Crippen LogP contribution in [0.2, 0.25) is 0 Å². The van der Waals surface area contributed by atoms with Gasteiger partial charge in [0.2, 0.25) is 0 Å². The SMILES string of the molecule is CCC(C)NCC(C)N1CCC(N(C)C)CC1. The first-order valence-corrected chi connectivity index (χ1v) is 7.18. The van der Waals surface area contributed by atoms with Crippen LogP contribution in [0.15, 0.2) is 0 Å². The van der Waals surface area contributed by atoms with E-state index in [1.54, 1.807) is 0 Å². The highest BCUT2D eigenvalue weighted by Crippen LogP contribution is 2.16. The molecule has 0 radical (unpaired) electrons. The summed E-state index contributed by atoms with van der Waals surface area (Å²) in [5.74, 6) is 0. The number of nitrogens with zero attached hydrogens (tertiary/aromatic N) is 2. The van der Waals surface area contributed by atoms with Crippen LogP contribution in [0.25, 0.3) is 0 Å². The highest BCUT2D eigenvalue weighted by Gasteiger charge is 2.23. The maximum Gasteiger partial charge on any atom is 0.0192 e. The van der Waals surface area contributed by atoms with E-state index in [-0.39, 0.29) is 0 Å². The molecule has 1 aliphatic rings. The fourth-order valence-electron chi connectivity index (χ4n) is 2.49. The molecule has 0 aliphatic carbocycles. The predicted molar refractivity (Wildman–Crippen MR) is 75.5 cm³/mol. The Morgan fingerprint density at radius 3 is 2.29 bits per heavy atom. The van der Waals surface area contributed by atoms with Crippen molar-refractivity contribution in [2.24, 2.45) is 0 Å². The van der Waals surface area contributed by atoms with E-state index in [9.17, 15) is 0 Å².